The fraction of sp³-hybridized carbons (Fsp3) is 0.211. The van der Waals surface area contributed by atoms with Gasteiger partial charge in [-0.05, 0) is 18.2 Å². The van der Waals surface area contributed by atoms with Crippen LogP contribution in [0.3, 0.4) is 0 Å². The second kappa shape index (κ2) is 6.33. The topological polar surface area (TPSA) is 91.1 Å². The van der Waals surface area contributed by atoms with Crippen LogP contribution in [0, 0.1) is 0 Å². The highest BCUT2D eigenvalue weighted by atomic mass is 32.1. The molecule has 0 saturated carbocycles. The van der Waals surface area contributed by atoms with Gasteiger partial charge in [0.15, 0.2) is 5.69 Å². The SMILES string of the molecule is O=C(c1ccc2cc(-c3nc4cscc4[nH]c3=O)[nH]c2c1)N1CCOCC1. The maximum absolute atomic E-state index is 12.7. The Morgan fingerprint density at radius 1 is 1.11 bits per heavy atom. The van der Waals surface area contributed by atoms with Gasteiger partial charge in [0, 0.05) is 40.3 Å². The van der Waals surface area contributed by atoms with E-state index in [-0.39, 0.29) is 11.5 Å². The average molecular weight is 380 g/mol. The quantitative estimate of drug-likeness (QED) is 0.559. The minimum Gasteiger partial charge on any atom is -0.378 e. The Kier molecular flexibility index (Phi) is 3.80. The zero-order chi connectivity index (χ0) is 18.4. The molecule has 5 rings (SSSR count). The lowest BCUT2D eigenvalue weighted by Crippen LogP contribution is -2.40. The lowest BCUT2D eigenvalue weighted by Gasteiger charge is -2.26. The summed E-state index contributed by atoms with van der Waals surface area (Å²) in [6.45, 7) is 2.35. The number of morpholine rings is 1. The average Bonchev–Trinajstić information content (AvgIpc) is 3.32. The predicted octanol–water partition coefficient (Wildman–Crippen LogP) is 2.61. The van der Waals surface area contributed by atoms with Crippen LogP contribution in [0.25, 0.3) is 33.3 Å². The van der Waals surface area contributed by atoms with Crippen molar-refractivity contribution in [1.82, 2.24) is 19.9 Å². The third-order valence-electron chi connectivity index (χ3n) is 4.76. The van der Waals surface area contributed by atoms with Gasteiger partial charge in [-0.2, -0.15) is 0 Å². The van der Waals surface area contributed by atoms with Gasteiger partial charge in [0.2, 0.25) is 0 Å². The number of nitrogens with one attached hydrogen (secondary N) is 2. The molecule has 1 aromatic carbocycles. The number of nitrogens with zero attached hydrogens (tertiary/aromatic N) is 2. The number of carbonyl (C=O) groups excluding carboxylic acids is 1. The first kappa shape index (κ1) is 16.2. The molecule has 4 heterocycles. The molecule has 0 radical (unpaired) electrons. The van der Waals surface area contributed by atoms with Crippen molar-refractivity contribution in [3.8, 4) is 11.4 Å². The molecule has 0 bridgehead atoms. The number of hydrogen-bond acceptors (Lipinski definition) is 5. The summed E-state index contributed by atoms with van der Waals surface area (Å²) in [7, 11) is 0. The van der Waals surface area contributed by atoms with Crippen molar-refractivity contribution in [1.29, 1.82) is 0 Å². The molecule has 0 unspecified atom stereocenters. The molecule has 1 aliphatic heterocycles. The fourth-order valence-electron chi connectivity index (χ4n) is 3.34. The van der Waals surface area contributed by atoms with Gasteiger partial charge >= 0.3 is 0 Å². The number of hydrogen-bond donors (Lipinski definition) is 2. The summed E-state index contributed by atoms with van der Waals surface area (Å²) < 4.78 is 5.31. The molecule has 1 aliphatic rings. The Labute approximate surface area is 157 Å². The second-order valence-corrected chi connectivity index (χ2v) is 7.22. The largest absolute Gasteiger partial charge is 0.378 e. The van der Waals surface area contributed by atoms with E-state index in [2.05, 4.69) is 15.0 Å². The standard InChI is InChI=1S/C19H16N4O3S/c24-18-17(21-15-9-27-10-16(15)22-18)14-7-11-1-2-12(8-13(11)20-14)19(25)23-3-5-26-6-4-23/h1-2,7-10,20H,3-6H2,(H,22,24). The molecule has 7 nitrogen and oxygen atoms in total. The minimum absolute atomic E-state index is 0.00739. The fourth-order valence-corrected chi connectivity index (χ4v) is 4.03. The summed E-state index contributed by atoms with van der Waals surface area (Å²) in [5.74, 6) is -0.00739. The van der Waals surface area contributed by atoms with Crippen molar-refractivity contribution in [2.24, 2.45) is 0 Å². The van der Waals surface area contributed by atoms with E-state index >= 15 is 0 Å². The number of H-pyrrole nitrogens is 2. The maximum atomic E-state index is 12.7. The Balaban J connectivity index is 1.54. The smallest absolute Gasteiger partial charge is 0.276 e. The summed E-state index contributed by atoms with van der Waals surface area (Å²) in [5.41, 5.74) is 3.66. The summed E-state index contributed by atoms with van der Waals surface area (Å²) in [4.78, 5) is 37.4. The molecule has 2 N–H and O–H groups in total. The van der Waals surface area contributed by atoms with Gasteiger partial charge in [-0.25, -0.2) is 4.98 Å². The molecule has 136 valence electrons. The first-order valence-electron chi connectivity index (χ1n) is 8.65. The lowest BCUT2D eigenvalue weighted by molar-refractivity contribution is 0.0303. The Bertz CT molecular complexity index is 1220. The van der Waals surface area contributed by atoms with Crippen molar-refractivity contribution in [3.63, 3.8) is 0 Å². The highest BCUT2D eigenvalue weighted by Crippen LogP contribution is 2.24. The molecule has 1 saturated heterocycles. The number of benzene rings is 1. The zero-order valence-corrected chi connectivity index (χ0v) is 15.1. The Morgan fingerprint density at radius 2 is 1.96 bits per heavy atom. The summed E-state index contributed by atoms with van der Waals surface area (Å²) in [5, 5.41) is 4.69. The van der Waals surface area contributed by atoms with E-state index < -0.39 is 0 Å². The summed E-state index contributed by atoms with van der Waals surface area (Å²) >= 11 is 1.50. The molecule has 8 heteroatoms. The van der Waals surface area contributed by atoms with Crippen molar-refractivity contribution in [2.75, 3.05) is 26.3 Å². The Hall–Kier alpha value is -2.97. The van der Waals surface area contributed by atoms with Crippen LogP contribution in [0.2, 0.25) is 0 Å². The van der Waals surface area contributed by atoms with E-state index in [1.807, 2.05) is 35.0 Å². The molecular weight excluding hydrogens is 364 g/mol. The van der Waals surface area contributed by atoms with Crippen LogP contribution in [0.4, 0.5) is 0 Å². The van der Waals surface area contributed by atoms with Crippen molar-refractivity contribution < 1.29 is 9.53 Å². The van der Waals surface area contributed by atoms with Crippen molar-refractivity contribution in [2.45, 2.75) is 0 Å². The van der Waals surface area contributed by atoms with Gasteiger partial charge in [-0.1, -0.05) is 6.07 Å². The van der Waals surface area contributed by atoms with Crippen LogP contribution in [0.15, 0.2) is 39.8 Å². The molecular formula is C19H16N4O3S. The summed E-state index contributed by atoms with van der Waals surface area (Å²) in [6.07, 6.45) is 0. The van der Waals surface area contributed by atoms with Gasteiger partial charge < -0.3 is 19.6 Å². The normalized spacial score (nSPS) is 14.9. The highest BCUT2D eigenvalue weighted by molar-refractivity contribution is 7.09. The monoisotopic (exact) mass is 380 g/mol. The van der Waals surface area contributed by atoms with Crippen LogP contribution >= 0.6 is 11.3 Å². The van der Waals surface area contributed by atoms with Crippen molar-refractivity contribution >= 4 is 39.2 Å². The van der Waals surface area contributed by atoms with E-state index in [4.69, 9.17) is 4.74 Å². The van der Waals surface area contributed by atoms with Crippen LogP contribution in [0.1, 0.15) is 10.4 Å². The number of fused-ring (bicyclic) bond motifs is 2. The van der Waals surface area contributed by atoms with Crippen LogP contribution < -0.4 is 5.56 Å². The number of rotatable bonds is 2. The number of ether oxygens (including phenoxy) is 1. The van der Waals surface area contributed by atoms with Gasteiger partial charge in [0.1, 0.15) is 0 Å². The molecule has 0 aliphatic carbocycles. The highest BCUT2D eigenvalue weighted by Gasteiger charge is 2.19. The number of amides is 1. The Morgan fingerprint density at radius 3 is 2.81 bits per heavy atom. The predicted molar refractivity (Wildman–Crippen MR) is 104 cm³/mol. The number of thiophene rings is 1. The number of aromatic nitrogens is 3. The number of carbonyl (C=O) groups is 1. The van der Waals surface area contributed by atoms with Crippen LogP contribution in [-0.4, -0.2) is 52.1 Å². The molecule has 27 heavy (non-hydrogen) atoms. The van der Waals surface area contributed by atoms with E-state index in [1.54, 1.807) is 4.90 Å². The molecule has 4 aromatic rings. The zero-order valence-electron chi connectivity index (χ0n) is 14.3. The van der Waals surface area contributed by atoms with Gasteiger partial charge in [0.25, 0.3) is 11.5 Å². The van der Waals surface area contributed by atoms with Crippen LogP contribution in [-0.2, 0) is 4.74 Å². The summed E-state index contributed by atoms with van der Waals surface area (Å²) in [6, 6.07) is 7.42. The first-order valence-corrected chi connectivity index (χ1v) is 9.60. The molecule has 1 fully saturated rings. The molecule has 0 atom stereocenters. The number of aromatic amines is 2. The van der Waals surface area contributed by atoms with E-state index in [9.17, 15) is 9.59 Å². The molecule has 1 amide bonds. The van der Waals surface area contributed by atoms with Gasteiger partial charge in [-0.3, -0.25) is 9.59 Å². The second-order valence-electron chi connectivity index (χ2n) is 6.47. The van der Waals surface area contributed by atoms with Crippen LogP contribution in [0.5, 0.6) is 0 Å². The van der Waals surface area contributed by atoms with E-state index in [0.29, 0.717) is 43.3 Å². The van der Waals surface area contributed by atoms with Crippen molar-refractivity contribution in [3.05, 3.63) is 50.9 Å². The third-order valence-corrected chi connectivity index (χ3v) is 5.49. The first-order chi connectivity index (χ1) is 13.2. The maximum Gasteiger partial charge on any atom is 0.276 e. The third kappa shape index (κ3) is 2.83. The lowest BCUT2D eigenvalue weighted by atomic mass is 10.1. The molecule has 0 spiro atoms. The minimum atomic E-state index is -0.239. The van der Waals surface area contributed by atoms with Gasteiger partial charge in [-0.15, -0.1) is 11.3 Å². The van der Waals surface area contributed by atoms with E-state index in [0.717, 1.165) is 21.9 Å². The van der Waals surface area contributed by atoms with E-state index in [1.165, 1.54) is 11.3 Å². The molecule has 3 aromatic heterocycles. The van der Waals surface area contributed by atoms with Gasteiger partial charge in [0.05, 0.1) is 29.9 Å².